The third-order valence-corrected chi connectivity index (χ3v) is 6.92. The van der Waals surface area contributed by atoms with Crippen LogP contribution < -0.4 is 14.8 Å². The van der Waals surface area contributed by atoms with Crippen LogP contribution in [0.3, 0.4) is 0 Å². The highest BCUT2D eigenvalue weighted by molar-refractivity contribution is 9.10. The molecule has 0 radical (unpaired) electrons. The van der Waals surface area contributed by atoms with Gasteiger partial charge in [-0.05, 0) is 93.8 Å². The van der Waals surface area contributed by atoms with Crippen molar-refractivity contribution in [3.05, 3.63) is 127 Å². The molecular weight excluding hydrogens is 623 g/mol. The third-order valence-electron chi connectivity index (χ3n) is 5.46. The summed E-state index contributed by atoms with van der Waals surface area (Å²) < 4.78 is 12.3. The Bertz CT molecular complexity index is 1550. The number of nitrogens with zero attached hydrogens (tertiary/aromatic N) is 1. The summed E-state index contributed by atoms with van der Waals surface area (Å²) in [5.41, 5.74) is 2.91. The van der Waals surface area contributed by atoms with Crippen LogP contribution in [0.15, 0.2) is 95.0 Å². The van der Waals surface area contributed by atoms with E-state index in [1.54, 1.807) is 72.8 Å². The molecule has 4 aromatic carbocycles. The second-order valence-electron chi connectivity index (χ2n) is 8.28. The van der Waals surface area contributed by atoms with Crippen molar-refractivity contribution in [1.29, 1.82) is 5.26 Å². The van der Waals surface area contributed by atoms with E-state index < -0.39 is 5.91 Å². The Morgan fingerprint density at radius 1 is 0.872 bits per heavy atom. The number of hydrogen-bond donors (Lipinski definition) is 1. The maximum atomic E-state index is 12.7. The summed E-state index contributed by atoms with van der Waals surface area (Å²) in [5.74, 6) is 0.697. The van der Waals surface area contributed by atoms with Gasteiger partial charge in [0.05, 0.1) is 4.47 Å². The number of anilines is 1. The van der Waals surface area contributed by atoms with Gasteiger partial charge in [-0.1, -0.05) is 59.1 Å². The van der Waals surface area contributed by atoms with Crippen molar-refractivity contribution in [3.8, 4) is 17.6 Å². The number of ether oxygens (including phenoxy) is 2. The van der Waals surface area contributed by atoms with Crippen LogP contribution >= 0.6 is 50.7 Å². The zero-order valence-corrected chi connectivity index (χ0v) is 24.1. The number of benzene rings is 4. The number of nitrogens with one attached hydrogen (secondary N) is 1. The summed E-state index contributed by atoms with van der Waals surface area (Å²) in [6.07, 6.45) is 1.51. The quantitative estimate of drug-likeness (QED) is 0.146. The van der Waals surface area contributed by atoms with Gasteiger partial charge in [0.2, 0.25) is 0 Å². The van der Waals surface area contributed by atoms with Crippen molar-refractivity contribution < 1.29 is 14.3 Å². The number of halogens is 4. The van der Waals surface area contributed by atoms with Crippen molar-refractivity contribution in [2.75, 3.05) is 5.32 Å². The zero-order valence-electron chi connectivity index (χ0n) is 20.3. The summed E-state index contributed by atoms with van der Waals surface area (Å²) in [6, 6.07) is 26.7. The monoisotopic (exact) mass is 640 g/mol. The number of carbonyl (C=O) groups is 1. The van der Waals surface area contributed by atoms with Gasteiger partial charge in [-0.3, -0.25) is 4.79 Å². The summed E-state index contributed by atoms with van der Waals surface area (Å²) in [4.78, 5) is 12.7. The molecule has 5 nitrogen and oxygen atoms in total. The van der Waals surface area contributed by atoms with E-state index in [1.807, 2.05) is 18.2 Å². The van der Waals surface area contributed by atoms with E-state index in [2.05, 4.69) is 21.2 Å². The molecule has 9 heteroatoms. The average molecular weight is 643 g/mol. The van der Waals surface area contributed by atoms with Gasteiger partial charge in [0.15, 0.2) is 0 Å². The van der Waals surface area contributed by atoms with Crippen molar-refractivity contribution in [2.45, 2.75) is 13.2 Å². The highest BCUT2D eigenvalue weighted by Gasteiger charge is 2.11. The summed E-state index contributed by atoms with van der Waals surface area (Å²) >= 11 is 21.5. The van der Waals surface area contributed by atoms with Crippen LogP contribution in [0.25, 0.3) is 6.08 Å². The fourth-order valence-electron chi connectivity index (χ4n) is 3.41. The minimum atomic E-state index is -0.529. The van der Waals surface area contributed by atoms with Gasteiger partial charge in [-0.15, -0.1) is 0 Å². The minimum Gasteiger partial charge on any atom is -0.489 e. The standard InChI is InChI=1S/C30H20BrCl3N2O3/c31-27-14-20(3-12-29(27)39-17-19-1-5-23(32)6-2-19)13-22(16-35)30(37)36-25-8-10-26(11-9-25)38-18-21-4-7-24(33)15-28(21)34/h1-15H,17-18H2,(H,36,37)/b22-13+. The molecule has 196 valence electrons. The van der Waals surface area contributed by atoms with E-state index in [4.69, 9.17) is 44.3 Å². The molecule has 39 heavy (non-hydrogen) atoms. The van der Waals surface area contributed by atoms with Crippen molar-refractivity contribution >= 4 is 68.4 Å². The molecule has 0 aliphatic carbocycles. The van der Waals surface area contributed by atoms with Crippen molar-refractivity contribution in [1.82, 2.24) is 0 Å². The molecule has 0 saturated carbocycles. The largest absolute Gasteiger partial charge is 0.489 e. The van der Waals surface area contributed by atoms with E-state index in [1.165, 1.54) is 6.08 Å². The SMILES string of the molecule is N#C/C(=C\c1ccc(OCc2ccc(Cl)cc2)c(Br)c1)C(=O)Nc1ccc(OCc2ccc(Cl)cc2Cl)cc1. The number of rotatable bonds is 9. The van der Waals surface area contributed by atoms with Gasteiger partial charge in [-0.2, -0.15) is 5.26 Å². The fourth-order valence-corrected chi connectivity index (χ4v) is 4.51. The number of nitriles is 1. The smallest absolute Gasteiger partial charge is 0.266 e. The lowest BCUT2D eigenvalue weighted by Gasteiger charge is -2.10. The van der Waals surface area contributed by atoms with Crippen LogP contribution in [-0.4, -0.2) is 5.91 Å². The van der Waals surface area contributed by atoms with Crippen molar-refractivity contribution in [2.24, 2.45) is 0 Å². The van der Waals surface area contributed by atoms with Crippen LogP contribution in [0.2, 0.25) is 15.1 Å². The van der Waals surface area contributed by atoms with Gasteiger partial charge in [0.1, 0.15) is 36.4 Å². The first-order valence-electron chi connectivity index (χ1n) is 11.6. The molecule has 1 N–H and O–H groups in total. The molecule has 0 aromatic heterocycles. The third kappa shape index (κ3) is 8.26. The lowest BCUT2D eigenvalue weighted by Crippen LogP contribution is -2.13. The van der Waals surface area contributed by atoms with Gasteiger partial charge < -0.3 is 14.8 Å². The molecule has 0 atom stereocenters. The van der Waals surface area contributed by atoms with E-state index in [0.717, 1.165) is 11.1 Å². The van der Waals surface area contributed by atoms with E-state index in [0.29, 0.717) is 48.9 Å². The van der Waals surface area contributed by atoms with Crippen LogP contribution in [0.1, 0.15) is 16.7 Å². The Hall–Kier alpha value is -3.47. The van der Waals surface area contributed by atoms with E-state index in [9.17, 15) is 10.1 Å². The fraction of sp³-hybridized carbons (Fsp3) is 0.0667. The Labute approximate surface area is 249 Å². The molecule has 0 spiro atoms. The maximum Gasteiger partial charge on any atom is 0.266 e. The van der Waals surface area contributed by atoms with Crippen LogP contribution in [-0.2, 0) is 18.0 Å². The molecule has 0 heterocycles. The Morgan fingerprint density at radius 2 is 1.59 bits per heavy atom. The predicted octanol–water partition coefficient (Wildman–Crippen LogP) is 9.11. The second kappa shape index (κ2) is 13.5. The molecule has 0 saturated heterocycles. The summed E-state index contributed by atoms with van der Waals surface area (Å²) in [6.45, 7) is 0.638. The van der Waals surface area contributed by atoms with Crippen LogP contribution in [0, 0.1) is 11.3 Å². The van der Waals surface area contributed by atoms with Crippen molar-refractivity contribution in [3.63, 3.8) is 0 Å². The number of carbonyl (C=O) groups excluding carboxylic acids is 1. The molecule has 0 unspecified atom stereocenters. The lowest BCUT2D eigenvalue weighted by atomic mass is 10.1. The molecule has 4 aromatic rings. The van der Waals surface area contributed by atoms with Gasteiger partial charge in [0.25, 0.3) is 5.91 Å². The maximum absolute atomic E-state index is 12.7. The normalized spacial score (nSPS) is 11.0. The van der Waals surface area contributed by atoms with Gasteiger partial charge in [0, 0.05) is 26.3 Å². The van der Waals surface area contributed by atoms with E-state index in [-0.39, 0.29) is 12.2 Å². The molecular formula is C30H20BrCl3N2O3. The predicted molar refractivity (Wildman–Crippen MR) is 159 cm³/mol. The van der Waals surface area contributed by atoms with E-state index >= 15 is 0 Å². The average Bonchev–Trinajstić information content (AvgIpc) is 2.92. The molecule has 0 aliphatic heterocycles. The Kier molecular flexibility index (Phi) is 9.91. The first-order chi connectivity index (χ1) is 18.8. The Balaban J connectivity index is 1.35. The highest BCUT2D eigenvalue weighted by atomic mass is 79.9. The number of amides is 1. The first-order valence-corrected chi connectivity index (χ1v) is 13.5. The number of hydrogen-bond acceptors (Lipinski definition) is 4. The molecule has 0 bridgehead atoms. The summed E-state index contributed by atoms with van der Waals surface area (Å²) in [5, 5.41) is 14.1. The molecule has 4 rings (SSSR count). The van der Waals surface area contributed by atoms with Crippen LogP contribution in [0.5, 0.6) is 11.5 Å². The topological polar surface area (TPSA) is 71.3 Å². The molecule has 1 amide bonds. The lowest BCUT2D eigenvalue weighted by molar-refractivity contribution is -0.112. The first kappa shape index (κ1) is 28.5. The second-order valence-corrected chi connectivity index (χ2v) is 10.4. The Morgan fingerprint density at radius 3 is 2.26 bits per heavy atom. The van der Waals surface area contributed by atoms with Gasteiger partial charge >= 0.3 is 0 Å². The highest BCUT2D eigenvalue weighted by Crippen LogP contribution is 2.28. The molecule has 0 fully saturated rings. The summed E-state index contributed by atoms with van der Waals surface area (Å²) in [7, 11) is 0. The van der Waals surface area contributed by atoms with Crippen LogP contribution in [0.4, 0.5) is 5.69 Å². The van der Waals surface area contributed by atoms with Gasteiger partial charge in [-0.25, -0.2) is 0 Å². The molecule has 0 aliphatic rings. The minimum absolute atomic E-state index is 0.0468. The zero-order chi connectivity index (χ0) is 27.8.